The molecule has 1 heterocycles. The molecule has 0 aliphatic carbocycles. The molecule has 0 radical (unpaired) electrons. The Morgan fingerprint density at radius 1 is 0.587 bits per heavy atom. The summed E-state index contributed by atoms with van der Waals surface area (Å²) in [6.07, 6.45) is 0. The monoisotopic (exact) mass is 595 g/mol. The van der Waals surface area contributed by atoms with Crippen LogP contribution in [-0.4, -0.2) is 16.1 Å². The van der Waals surface area contributed by atoms with Crippen molar-refractivity contribution < 1.29 is 4.79 Å². The molecule has 4 heteroatoms. The smallest absolute Gasteiger partial charge is 0.276 e. The minimum Gasteiger partial charge on any atom is -0.321 e. The zero-order valence-corrected chi connectivity index (χ0v) is 25.5. The number of carbonyl (C=O) groups excluding carboxylic acids is 1. The molecule has 0 spiro atoms. The Labute approximate surface area is 269 Å². The van der Waals surface area contributed by atoms with Crippen molar-refractivity contribution in [1.29, 1.82) is 0 Å². The van der Waals surface area contributed by atoms with E-state index in [0.717, 1.165) is 50.2 Å². The second kappa shape index (κ2) is 12.5. The number of carbonyl (C=O) groups is 1. The number of nitrogens with zero attached hydrogens (tertiary/aromatic N) is 1. The van der Waals surface area contributed by atoms with Crippen LogP contribution in [0, 0.1) is 6.92 Å². The maximum atomic E-state index is 14.0. The molecule has 0 aliphatic rings. The number of hydrogen-bond donors (Lipinski definition) is 2. The number of hydrogen-bond acceptors (Lipinski definition) is 2. The van der Waals surface area contributed by atoms with Crippen LogP contribution in [0.5, 0.6) is 0 Å². The summed E-state index contributed by atoms with van der Waals surface area (Å²) in [6.45, 7) is 1.94. The third kappa shape index (κ3) is 5.20. The van der Waals surface area contributed by atoms with E-state index >= 15 is 0 Å². The number of benzene rings is 6. The number of H-pyrrole nitrogens is 1. The molecule has 0 fully saturated rings. The first kappa shape index (κ1) is 28.8. The second-order valence-electron chi connectivity index (χ2n) is 11.4. The van der Waals surface area contributed by atoms with Gasteiger partial charge in [-0.15, -0.1) is 0 Å². The molecule has 2 N–H and O–H groups in total. The molecule has 1 amide bonds. The summed E-state index contributed by atoms with van der Waals surface area (Å²) >= 11 is 0. The van der Waals surface area contributed by atoms with Gasteiger partial charge in [-0.2, -0.15) is 5.10 Å². The average Bonchev–Trinajstić information content (AvgIpc) is 3.52. The number of nitrogens with one attached hydrogen (secondary N) is 2. The first-order valence-electron chi connectivity index (χ1n) is 15.4. The first-order chi connectivity index (χ1) is 22.7. The van der Waals surface area contributed by atoms with Gasteiger partial charge in [0.05, 0.1) is 5.41 Å². The number of amides is 1. The quantitative estimate of drug-likeness (QED) is 0.172. The van der Waals surface area contributed by atoms with Gasteiger partial charge in [0.1, 0.15) is 0 Å². The SMILES string of the molecule is Cc1[nH]nc(C(=O)Nc2ccc(-c3ccccc3)c(C(c3ccccc3)(c3ccccc3)c3ccccc3)c2)c1-c1ccccc1. The van der Waals surface area contributed by atoms with E-state index < -0.39 is 5.41 Å². The van der Waals surface area contributed by atoms with Gasteiger partial charge in [0.2, 0.25) is 0 Å². The largest absolute Gasteiger partial charge is 0.321 e. The zero-order valence-electron chi connectivity index (χ0n) is 25.5. The standard InChI is InChI=1S/C42H33N3O/c1-30-39(32-19-9-3-10-20-32)40(45-44-30)41(46)43-36-27-28-37(31-17-7-2-8-18-31)38(29-36)42(33-21-11-4-12-22-33,34-23-13-5-14-24-34)35-25-15-6-16-26-35/h2-29H,1H3,(H,43,46)(H,44,45). The fourth-order valence-electron chi connectivity index (χ4n) is 6.57. The zero-order chi connectivity index (χ0) is 31.3. The van der Waals surface area contributed by atoms with E-state index in [1.807, 2.05) is 49.4 Å². The predicted molar refractivity (Wildman–Crippen MR) is 187 cm³/mol. The van der Waals surface area contributed by atoms with Gasteiger partial charge in [-0.3, -0.25) is 9.89 Å². The summed E-state index contributed by atoms with van der Waals surface area (Å²) in [5.74, 6) is -0.272. The van der Waals surface area contributed by atoms with E-state index in [0.29, 0.717) is 11.4 Å². The van der Waals surface area contributed by atoms with Gasteiger partial charge in [0.15, 0.2) is 5.69 Å². The van der Waals surface area contributed by atoms with Gasteiger partial charge >= 0.3 is 0 Å². The van der Waals surface area contributed by atoms with Gasteiger partial charge in [0.25, 0.3) is 5.91 Å². The fourth-order valence-corrected chi connectivity index (χ4v) is 6.57. The van der Waals surface area contributed by atoms with Crippen molar-refractivity contribution in [3.05, 3.63) is 203 Å². The Morgan fingerprint density at radius 2 is 1.04 bits per heavy atom. The van der Waals surface area contributed by atoms with Crippen LogP contribution in [0.3, 0.4) is 0 Å². The van der Waals surface area contributed by atoms with E-state index in [-0.39, 0.29) is 5.91 Å². The van der Waals surface area contributed by atoms with Crippen molar-refractivity contribution in [3.63, 3.8) is 0 Å². The van der Waals surface area contributed by atoms with Crippen molar-refractivity contribution in [2.24, 2.45) is 0 Å². The fraction of sp³-hybridized carbons (Fsp3) is 0.0476. The lowest BCUT2D eigenvalue weighted by atomic mass is 9.63. The molecule has 46 heavy (non-hydrogen) atoms. The van der Waals surface area contributed by atoms with Crippen molar-refractivity contribution in [2.45, 2.75) is 12.3 Å². The Bertz CT molecular complexity index is 1980. The first-order valence-corrected chi connectivity index (χ1v) is 15.4. The van der Waals surface area contributed by atoms with Gasteiger partial charge in [-0.05, 0) is 58.0 Å². The summed E-state index contributed by atoms with van der Waals surface area (Å²) in [5, 5.41) is 10.7. The third-order valence-electron chi connectivity index (χ3n) is 8.61. The lowest BCUT2D eigenvalue weighted by molar-refractivity contribution is 0.102. The molecular weight excluding hydrogens is 562 g/mol. The summed E-state index contributed by atoms with van der Waals surface area (Å²) < 4.78 is 0. The Kier molecular flexibility index (Phi) is 7.84. The van der Waals surface area contributed by atoms with Crippen molar-refractivity contribution in [2.75, 3.05) is 5.32 Å². The van der Waals surface area contributed by atoms with Crippen LogP contribution in [0.2, 0.25) is 0 Å². The molecule has 7 rings (SSSR count). The molecule has 0 unspecified atom stereocenters. The molecule has 0 bridgehead atoms. The molecule has 6 aromatic carbocycles. The highest BCUT2D eigenvalue weighted by molar-refractivity contribution is 6.07. The van der Waals surface area contributed by atoms with Crippen LogP contribution in [-0.2, 0) is 5.41 Å². The molecule has 1 aromatic heterocycles. The lowest BCUT2D eigenvalue weighted by Crippen LogP contribution is -2.32. The predicted octanol–water partition coefficient (Wildman–Crippen LogP) is 9.69. The third-order valence-corrected chi connectivity index (χ3v) is 8.61. The van der Waals surface area contributed by atoms with Gasteiger partial charge < -0.3 is 5.32 Å². The normalized spacial score (nSPS) is 11.2. The van der Waals surface area contributed by atoms with E-state index in [9.17, 15) is 4.79 Å². The van der Waals surface area contributed by atoms with E-state index in [2.05, 4.69) is 143 Å². The Hall–Kier alpha value is -6.00. The summed E-state index contributed by atoms with van der Waals surface area (Å²) in [7, 11) is 0. The number of aromatic amines is 1. The van der Waals surface area contributed by atoms with Crippen molar-refractivity contribution in [1.82, 2.24) is 10.2 Å². The highest BCUT2D eigenvalue weighted by Gasteiger charge is 2.40. The highest BCUT2D eigenvalue weighted by Crippen LogP contribution is 2.49. The maximum Gasteiger partial charge on any atom is 0.276 e. The van der Waals surface area contributed by atoms with Gasteiger partial charge in [-0.25, -0.2) is 0 Å². The van der Waals surface area contributed by atoms with E-state index in [1.54, 1.807) is 0 Å². The van der Waals surface area contributed by atoms with Crippen LogP contribution in [0.4, 0.5) is 5.69 Å². The number of aromatic nitrogens is 2. The van der Waals surface area contributed by atoms with Crippen molar-refractivity contribution >= 4 is 11.6 Å². The molecule has 0 aliphatic heterocycles. The van der Waals surface area contributed by atoms with E-state index in [4.69, 9.17) is 0 Å². The Morgan fingerprint density at radius 3 is 1.54 bits per heavy atom. The number of anilines is 1. The molecule has 0 saturated heterocycles. The van der Waals surface area contributed by atoms with Crippen molar-refractivity contribution in [3.8, 4) is 22.3 Å². The summed E-state index contributed by atoms with van der Waals surface area (Å²) in [4.78, 5) is 14.0. The molecule has 0 atom stereocenters. The maximum absolute atomic E-state index is 14.0. The topological polar surface area (TPSA) is 57.8 Å². The Balaban J connectivity index is 1.46. The average molecular weight is 596 g/mol. The molecular formula is C42H33N3O. The summed E-state index contributed by atoms with van der Waals surface area (Å²) in [6, 6.07) is 58.4. The van der Waals surface area contributed by atoms with Crippen LogP contribution in [0.1, 0.15) is 38.4 Å². The van der Waals surface area contributed by atoms with Crippen LogP contribution in [0.15, 0.2) is 170 Å². The number of rotatable bonds is 8. The minimum atomic E-state index is -0.701. The van der Waals surface area contributed by atoms with Gasteiger partial charge in [-0.1, -0.05) is 158 Å². The second-order valence-corrected chi connectivity index (χ2v) is 11.4. The van der Waals surface area contributed by atoms with E-state index in [1.165, 1.54) is 0 Å². The minimum absolute atomic E-state index is 0.272. The summed E-state index contributed by atoms with van der Waals surface area (Å²) in [5.41, 5.74) is 9.54. The van der Waals surface area contributed by atoms with Crippen LogP contribution in [0.25, 0.3) is 22.3 Å². The highest BCUT2D eigenvalue weighted by atomic mass is 16.1. The van der Waals surface area contributed by atoms with Crippen LogP contribution < -0.4 is 5.32 Å². The van der Waals surface area contributed by atoms with Gasteiger partial charge in [0, 0.05) is 16.9 Å². The molecule has 7 aromatic rings. The molecule has 222 valence electrons. The molecule has 0 saturated carbocycles. The number of aryl methyl sites for hydroxylation is 1. The van der Waals surface area contributed by atoms with Crippen LogP contribution >= 0.6 is 0 Å². The lowest BCUT2D eigenvalue weighted by Gasteiger charge is -2.38. The molecule has 4 nitrogen and oxygen atoms in total.